The van der Waals surface area contributed by atoms with Crippen LogP contribution in [0.15, 0.2) is 24.8 Å². The molecule has 0 spiro atoms. The fourth-order valence-corrected chi connectivity index (χ4v) is 3.35. The highest BCUT2D eigenvalue weighted by Gasteiger charge is 2.48. The molecule has 4 nitrogen and oxygen atoms in total. The van der Waals surface area contributed by atoms with Crippen molar-refractivity contribution in [2.45, 2.75) is 26.4 Å². The number of hydrogen-bond acceptors (Lipinski definition) is 4. The van der Waals surface area contributed by atoms with Gasteiger partial charge in [0, 0.05) is 25.7 Å². The van der Waals surface area contributed by atoms with E-state index in [1.54, 1.807) is 0 Å². The molecule has 0 saturated heterocycles. The standard InChI is InChI=1S/C15H20O4/c1-4-11-7-12-5-6-14(19-10(3)17)15(12)13(11)8-18-9(2)16/h4-6,11-15H,1,7-8H2,2-3H3/t11-,12+,13-,14-,15+/m0/s1. The van der Waals surface area contributed by atoms with Crippen LogP contribution in [0.5, 0.6) is 0 Å². The SMILES string of the molecule is C=C[C@H]1C[C@H]2C=C[C@H](OC(C)=O)[C@H]2[C@H]1COC(C)=O. The molecule has 4 heteroatoms. The Labute approximate surface area is 113 Å². The van der Waals surface area contributed by atoms with Gasteiger partial charge in [-0.1, -0.05) is 12.2 Å². The highest BCUT2D eigenvalue weighted by atomic mass is 16.5. The molecule has 5 atom stereocenters. The maximum Gasteiger partial charge on any atom is 0.303 e. The van der Waals surface area contributed by atoms with Crippen LogP contribution in [0, 0.1) is 23.7 Å². The van der Waals surface area contributed by atoms with Crippen LogP contribution in [-0.2, 0) is 19.1 Å². The molecular formula is C15H20O4. The van der Waals surface area contributed by atoms with Crippen LogP contribution in [0.4, 0.5) is 0 Å². The lowest BCUT2D eigenvalue weighted by Crippen LogP contribution is -2.31. The van der Waals surface area contributed by atoms with E-state index in [4.69, 9.17) is 9.47 Å². The molecule has 2 rings (SSSR count). The van der Waals surface area contributed by atoms with E-state index >= 15 is 0 Å². The van der Waals surface area contributed by atoms with Gasteiger partial charge < -0.3 is 9.47 Å². The zero-order valence-electron chi connectivity index (χ0n) is 11.4. The first-order chi connectivity index (χ1) is 9.02. The second kappa shape index (κ2) is 5.59. The molecule has 0 aromatic rings. The third kappa shape index (κ3) is 2.88. The molecule has 2 aliphatic carbocycles. The summed E-state index contributed by atoms with van der Waals surface area (Å²) in [6, 6.07) is 0. The van der Waals surface area contributed by atoms with E-state index in [1.165, 1.54) is 13.8 Å². The first kappa shape index (κ1) is 13.8. The van der Waals surface area contributed by atoms with Crippen molar-refractivity contribution in [1.29, 1.82) is 0 Å². The van der Waals surface area contributed by atoms with Crippen LogP contribution in [0.2, 0.25) is 0 Å². The fraction of sp³-hybridized carbons (Fsp3) is 0.600. The van der Waals surface area contributed by atoms with Gasteiger partial charge in [0.05, 0.1) is 6.61 Å². The van der Waals surface area contributed by atoms with Crippen molar-refractivity contribution >= 4 is 11.9 Å². The zero-order chi connectivity index (χ0) is 14.0. The smallest absolute Gasteiger partial charge is 0.303 e. The first-order valence-corrected chi connectivity index (χ1v) is 6.64. The molecule has 0 bridgehead atoms. The Morgan fingerprint density at radius 2 is 2.05 bits per heavy atom. The molecule has 0 amide bonds. The molecular weight excluding hydrogens is 244 g/mol. The maximum atomic E-state index is 11.2. The molecule has 0 aliphatic heterocycles. The van der Waals surface area contributed by atoms with Gasteiger partial charge in [-0.2, -0.15) is 0 Å². The third-order valence-corrected chi connectivity index (χ3v) is 4.09. The lowest BCUT2D eigenvalue weighted by Gasteiger charge is -2.26. The molecule has 1 fully saturated rings. The molecule has 0 aromatic carbocycles. The van der Waals surface area contributed by atoms with Gasteiger partial charge in [-0.3, -0.25) is 9.59 Å². The van der Waals surface area contributed by atoms with Crippen LogP contribution in [0.25, 0.3) is 0 Å². The average Bonchev–Trinajstić information content (AvgIpc) is 2.86. The predicted molar refractivity (Wildman–Crippen MR) is 70.1 cm³/mol. The van der Waals surface area contributed by atoms with E-state index in [0.717, 1.165) is 6.42 Å². The van der Waals surface area contributed by atoms with Gasteiger partial charge >= 0.3 is 11.9 Å². The van der Waals surface area contributed by atoms with Gasteiger partial charge in [0.1, 0.15) is 6.10 Å². The van der Waals surface area contributed by atoms with Crippen molar-refractivity contribution in [3.05, 3.63) is 24.8 Å². The second-order valence-corrected chi connectivity index (χ2v) is 5.30. The molecule has 0 heterocycles. The summed E-state index contributed by atoms with van der Waals surface area (Å²) in [5, 5.41) is 0. The summed E-state index contributed by atoms with van der Waals surface area (Å²) in [4.78, 5) is 22.1. The van der Waals surface area contributed by atoms with Gasteiger partial charge in [-0.25, -0.2) is 0 Å². The zero-order valence-corrected chi connectivity index (χ0v) is 11.4. The summed E-state index contributed by atoms with van der Waals surface area (Å²) in [5.41, 5.74) is 0. The highest BCUT2D eigenvalue weighted by Crippen LogP contribution is 2.49. The molecule has 2 aliphatic rings. The van der Waals surface area contributed by atoms with Crippen LogP contribution in [0.3, 0.4) is 0 Å². The Bertz CT molecular complexity index is 412. The number of hydrogen-bond donors (Lipinski definition) is 0. The number of allylic oxidation sites excluding steroid dienone is 2. The monoisotopic (exact) mass is 264 g/mol. The average molecular weight is 264 g/mol. The minimum Gasteiger partial charge on any atom is -0.466 e. The Morgan fingerprint density at radius 3 is 2.63 bits per heavy atom. The summed E-state index contributed by atoms with van der Waals surface area (Å²) in [5.74, 6) is 0.507. The minimum absolute atomic E-state index is 0.172. The first-order valence-electron chi connectivity index (χ1n) is 6.64. The molecule has 19 heavy (non-hydrogen) atoms. The fourth-order valence-electron chi connectivity index (χ4n) is 3.35. The predicted octanol–water partition coefficient (Wildman–Crippen LogP) is 2.11. The van der Waals surface area contributed by atoms with E-state index in [0.29, 0.717) is 18.4 Å². The molecule has 1 saturated carbocycles. The summed E-state index contributed by atoms with van der Waals surface area (Å²) < 4.78 is 10.5. The van der Waals surface area contributed by atoms with E-state index in [2.05, 4.69) is 12.7 Å². The van der Waals surface area contributed by atoms with Crippen molar-refractivity contribution in [2.75, 3.05) is 6.61 Å². The second-order valence-electron chi connectivity index (χ2n) is 5.30. The molecule has 0 N–H and O–H groups in total. The number of carbonyl (C=O) groups excluding carboxylic acids is 2. The summed E-state index contributed by atoms with van der Waals surface area (Å²) in [6.45, 7) is 7.06. The number of fused-ring (bicyclic) bond motifs is 1. The van der Waals surface area contributed by atoms with Gasteiger partial charge in [-0.05, 0) is 24.3 Å². The van der Waals surface area contributed by atoms with Crippen molar-refractivity contribution in [2.24, 2.45) is 23.7 Å². The molecule has 0 aromatic heterocycles. The van der Waals surface area contributed by atoms with E-state index in [1.807, 2.05) is 12.2 Å². The Kier molecular flexibility index (Phi) is 4.08. The normalized spacial score (nSPS) is 35.8. The number of esters is 2. The van der Waals surface area contributed by atoms with E-state index in [-0.39, 0.29) is 29.9 Å². The third-order valence-electron chi connectivity index (χ3n) is 4.09. The Morgan fingerprint density at radius 1 is 1.32 bits per heavy atom. The number of carbonyl (C=O) groups is 2. The van der Waals surface area contributed by atoms with Crippen LogP contribution < -0.4 is 0 Å². The van der Waals surface area contributed by atoms with E-state index in [9.17, 15) is 9.59 Å². The molecule has 104 valence electrons. The van der Waals surface area contributed by atoms with Crippen molar-refractivity contribution in [3.8, 4) is 0 Å². The van der Waals surface area contributed by atoms with E-state index < -0.39 is 0 Å². The highest BCUT2D eigenvalue weighted by molar-refractivity contribution is 5.66. The largest absolute Gasteiger partial charge is 0.466 e. The van der Waals surface area contributed by atoms with Gasteiger partial charge in [-0.15, -0.1) is 6.58 Å². The van der Waals surface area contributed by atoms with Gasteiger partial charge in [0.25, 0.3) is 0 Å². The van der Waals surface area contributed by atoms with Crippen LogP contribution in [-0.4, -0.2) is 24.6 Å². The van der Waals surface area contributed by atoms with Crippen molar-refractivity contribution in [3.63, 3.8) is 0 Å². The van der Waals surface area contributed by atoms with Gasteiger partial charge in [0.15, 0.2) is 0 Å². The van der Waals surface area contributed by atoms with Crippen molar-refractivity contribution < 1.29 is 19.1 Å². The lowest BCUT2D eigenvalue weighted by atomic mass is 9.86. The summed E-state index contributed by atoms with van der Waals surface area (Å²) >= 11 is 0. The Hall–Kier alpha value is -1.58. The van der Waals surface area contributed by atoms with Gasteiger partial charge in [0.2, 0.25) is 0 Å². The quantitative estimate of drug-likeness (QED) is 0.576. The Balaban J connectivity index is 2.10. The molecule has 0 unspecified atom stereocenters. The summed E-state index contributed by atoms with van der Waals surface area (Å²) in [6.07, 6.45) is 6.77. The number of ether oxygens (including phenoxy) is 2. The number of rotatable bonds is 4. The summed E-state index contributed by atoms with van der Waals surface area (Å²) in [7, 11) is 0. The van der Waals surface area contributed by atoms with Crippen LogP contribution >= 0.6 is 0 Å². The van der Waals surface area contributed by atoms with Crippen molar-refractivity contribution in [1.82, 2.24) is 0 Å². The maximum absolute atomic E-state index is 11.2. The molecule has 0 radical (unpaired) electrons. The van der Waals surface area contributed by atoms with Crippen LogP contribution in [0.1, 0.15) is 20.3 Å². The topological polar surface area (TPSA) is 52.6 Å². The lowest BCUT2D eigenvalue weighted by molar-refractivity contribution is -0.150. The minimum atomic E-state index is -0.277.